The molecule has 0 unspecified atom stereocenters. The minimum absolute atomic E-state index is 0.229. The van der Waals surface area contributed by atoms with Gasteiger partial charge in [0.1, 0.15) is 5.82 Å². The smallest absolute Gasteiger partial charge is 0.214 e. The van der Waals surface area contributed by atoms with Gasteiger partial charge in [-0.25, -0.2) is 17.1 Å². The molecule has 1 aromatic carbocycles. The summed E-state index contributed by atoms with van der Waals surface area (Å²) in [7, 11) is -3.05. The van der Waals surface area contributed by atoms with E-state index in [4.69, 9.17) is 0 Å². The van der Waals surface area contributed by atoms with Crippen LogP contribution in [-0.2, 0) is 10.0 Å². The fraction of sp³-hybridized carbons (Fsp3) is 0.455. The van der Waals surface area contributed by atoms with Crippen molar-refractivity contribution >= 4 is 15.7 Å². The van der Waals surface area contributed by atoms with Gasteiger partial charge in [-0.2, -0.15) is 0 Å². The van der Waals surface area contributed by atoms with Crippen LogP contribution in [0.4, 0.5) is 10.1 Å². The van der Waals surface area contributed by atoms with Crippen molar-refractivity contribution in [2.75, 3.05) is 30.7 Å². The summed E-state index contributed by atoms with van der Waals surface area (Å²) in [5, 5.41) is 2.90. The van der Waals surface area contributed by atoms with E-state index >= 15 is 0 Å². The fourth-order valence-corrected chi connectivity index (χ4v) is 3.39. The maximum Gasteiger partial charge on any atom is 0.214 e. The van der Waals surface area contributed by atoms with Crippen LogP contribution in [0.3, 0.4) is 0 Å². The van der Waals surface area contributed by atoms with Gasteiger partial charge in [0.25, 0.3) is 0 Å². The number of benzene rings is 1. The molecule has 0 spiro atoms. The Labute approximate surface area is 100 Å². The Balaban J connectivity index is 1.86. The van der Waals surface area contributed by atoms with E-state index in [0.717, 1.165) is 0 Å². The van der Waals surface area contributed by atoms with E-state index in [9.17, 15) is 12.8 Å². The summed E-state index contributed by atoms with van der Waals surface area (Å²) < 4.78 is 37.7. The zero-order chi connectivity index (χ0) is 12.3. The Morgan fingerprint density at radius 3 is 2.76 bits per heavy atom. The van der Waals surface area contributed by atoms with E-state index in [0.29, 0.717) is 31.7 Å². The number of rotatable bonds is 4. The van der Waals surface area contributed by atoms with Crippen molar-refractivity contribution < 1.29 is 12.8 Å². The Morgan fingerprint density at radius 1 is 1.35 bits per heavy atom. The first-order valence-corrected chi connectivity index (χ1v) is 7.17. The molecule has 1 heterocycles. The number of halogens is 1. The molecule has 6 heteroatoms. The molecule has 0 amide bonds. The lowest BCUT2D eigenvalue weighted by atomic mass is 10.3. The van der Waals surface area contributed by atoms with Gasteiger partial charge in [0.2, 0.25) is 10.0 Å². The Kier molecular flexibility index (Phi) is 3.63. The van der Waals surface area contributed by atoms with E-state index in [-0.39, 0.29) is 11.6 Å². The molecule has 1 aliphatic heterocycles. The molecule has 1 fully saturated rings. The topological polar surface area (TPSA) is 49.4 Å². The highest BCUT2D eigenvalue weighted by atomic mass is 32.2. The van der Waals surface area contributed by atoms with Gasteiger partial charge in [0.15, 0.2) is 0 Å². The monoisotopic (exact) mass is 258 g/mol. The van der Waals surface area contributed by atoms with Crippen molar-refractivity contribution in [1.82, 2.24) is 4.31 Å². The molecule has 0 aliphatic carbocycles. The zero-order valence-electron chi connectivity index (χ0n) is 9.39. The van der Waals surface area contributed by atoms with Crippen LogP contribution in [0.2, 0.25) is 0 Å². The SMILES string of the molecule is O=S1(=O)CCCN1CCNc1ccccc1F. The van der Waals surface area contributed by atoms with Crippen LogP contribution < -0.4 is 5.32 Å². The third kappa shape index (κ3) is 2.95. The number of hydrogen-bond donors (Lipinski definition) is 1. The second-order valence-electron chi connectivity index (χ2n) is 3.98. The Bertz CT molecular complexity index is 490. The van der Waals surface area contributed by atoms with E-state index < -0.39 is 10.0 Å². The van der Waals surface area contributed by atoms with Crippen molar-refractivity contribution in [3.63, 3.8) is 0 Å². The number of anilines is 1. The predicted molar refractivity (Wildman–Crippen MR) is 64.9 cm³/mol. The number of hydrogen-bond acceptors (Lipinski definition) is 3. The van der Waals surface area contributed by atoms with Gasteiger partial charge < -0.3 is 5.32 Å². The fourth-order valence-electron chi connectivity index (χ4n) is 1.86. The first kappa shape index (κ1) is 12.3. The number of para-hydroxylation sites is 1. The lowest BCUT2D eigenvalue weighted by molar-refractivity contribution is 0.456. The average Bonchev–Trinajstić information content (AvgIpc) is 2.61. The molecule has 1 saturated heterocycles. The third-order valence-corrected chi connectivity index (χ3v) is 4.71. The van der Waals surface area contributed by atoms with Crippen LogP contribution in [0, 0.1) is 5.82 Å². The van der Waals surface area contributed by atoms with Crippen LogP contribution in [-0.4, -0.2) is 38.1 Å². The molecule has 0 aromatic heterocycles. The minimum atomic E-state index is -3.05. The maximum atomic E-state index is 13.2. The molecule has 1 N–H and O–H groups in total. The van der Waals surface area contributed by atoms with Crippen molar-refractivity contribution in [3.05, 3.63) is 30.1 Å². The molecule has 1 aromatic rings. The van der Waals surface area contributed by atoms with Crippen LogP contribution in [0.5, 0.6) is 0 Å². The van der Waals surface area contributed by atoms with Crippen LogP contribution in [0.25, 0.3) is 0 Å². The second kappa shape index (κ2) is 5.01. The molecule has 4 nitrogen and oxygen atoms in total. The van der Waals surface area contributed by atoms with Crippen molar-refractivity contribution in [2.45, 2.75) is 6.42 Å². The highest BCUT2D eigenvalue weighted by molar-refractivity contribution is 7.89. The molecular formula is C11H15FN2O2S. The van der Waals surface area contributed by atoms with Gasteiger partial charge in [0.05, 0.1) is 11.4 Å². The largest absolute Gasteiger partial charge is 0.381 e. The summed E-state index contributed by atoms with van der Waals surface area (Å²) in [6.45, 7) is 1.37. The van der Waals surface area contributed by atoms with Gasteiger partial charge in [-0.1, -0.05) is 12.1 Å². The summed E-state index contributed by atoms with van der Waals surface area (Å²) >= 11 is 0. The molecule has 0 radical (unpaired) electrons. The number of nitrogens with one attached hydrogen (secondary N) is 1. The summed E-state index contributed by atoms with van der Waals surface area (Å²) in [6.07, 6.45) is 0.683. The molecule has 94 valence electrons. The second-order valence-corrected chi connectivity index (χ2v) is 6.06. The lowest BCUT2D eigenvalue weighted by Gasteiger charge is -2.15. The average molecular weight is 258 g/mol. The summed E-state index contributed by atoms with van der Waals surface area (Å²) in [6, 6.07) is 6.35. The molecule has 1 aliphatic rings. The minimum Gasteiger partial charge on any atom is -0.381 e. The summed E-state index contributed by atoms with van der Waals surface area (Å²) in [5.41, 5.74) is 0.407. The molecule has 2 rings (SSSR count). The Hall–Kier alpha value is -1.14. The quantitative estimate of drug-likeness (QED) is 0.885. The van der Waals surface area contributed by atoms with Crippen molar-refractivity contribution in [1.29, 1.82) is 0 Å². The predicted octanol–water partition coefficient (Wildman–Crippen LogP) is 1.27. The van der Waals surface area contributed by atoms with E-state index in [1.54, 1.807) is 18.2 Å². The Morgan fingerprint density at radius 2 is 2.12 bits per heavy atom. The van der Waals surface area contributed by atoms with E-state index in [1.807, 2.05) is 0 Å². The van der Waals surface area contributed by atoms with E-state index in [1.165, 1.54) is 10.4 Å². The molecule has 0 atom stereocenters. The van der Waals surface area contributed by atoms with Crippen LogP contribution in [0.15, 0.2) is 24.3 Å². The van der Waals surface area contributed by atoms with Gasteiger partial charge in [-0.05, 0) is 18.6 Å². The van der Waals surface area contributed by atoms with Crippen molar-refractivity contribution in [2.24, 2.45) is 0 Å². The first-order valence-electron chi connectivity index (χ1n) is 5.56. The highest BCUT2D eigenvalue weighted by Gasteiger charge is 2.27. The molecular weight excluding hydrogens is 243 g/mol. The molecule has 0 saturated carbocycles. The van der Waals surface area contributed by atoms with Crippen molar-refractivity contribution in [3.8, 4) is 0 Å². The van der Waals surface area contributed by atoms with Gasteiger partial charge in [-0.3, -0.25) is 0 Å². The summed E-state index contributed by atoms with van der Waals surface area (Å²) in [4.78, 5) is 0. The van der Waals surface area contributed by atoms with Crippen LogP contribution in [0.1, 0.15) is 6.42 Å². The highest BCUT2D eigenvalue weighted by Crippen LogP contribution is 2.14. The lowest BCUT2D eigenvalue weighted by Crippen LogP contribution is -2.30. The first-order chi connectivity index (χ1) is 8.09. The summed E-state index contributed by atoms with van der Waals surface area (Å²) in [5.74, 6) is -0.0936. The normalized spacial score (nSPS) is 19.4. The molecule has 17 heavy (non-hydrogen) atoms. The number of sulfonamides is 1. The van der Waals surface area contributed by atoms with Gasteiger partial charge >= 0.3 is 0 Å². The standard InChI is InChI=1S/C11H15FN2O2S/c12-10-4-1-2-5-11(10)13-6-8-14-7-3-9-17(14,15)16/h1-2,4-5,13H,3,6-9H2. The molecule has 0 bridgehead atoms. The van der Waals surface area contributed by atoms with Gasteiger partial charge in [0, 0.05) is 19.6 Å². The van der Waals surface area contributed by atoms with Gasteiger partial charge in [-0.15, -0.1) is 0 Å². The maximum absolute atomic E-state index is 13.2. The third-order valence-electron chi connectivity index (χ3n) is 2.75. The number of nitrogens with zero attached hydrogens (tertiary/aromatic N) is 1. The van der Waals surface area contributed by atoms with E-state index in [2.05, 4.69) is 5.32 Å². The zero-order valence-corrected chi connectivity index (χ0v) is 10.2. The van der Waals surface area contributed by atoms with Crippen LogP contribution >= 0.6 is 0 Å².